The highest BCUT2D eigenvalue weighted by molar-refractivity contribution is 7.89. The van der Waals surface area contributed by atoms with Crippen LogP contribution < -0.4 is 10.5 Å². The van der Waals surface area contributed by atoms with Crippen molar-refractivity contribution in [3.63, 3.8) is 0 Å². The van der Waals surface area contributed by atoms with Crippen LogP contribution in [0.2, 0.25) is 0 Å². The zero-order chi connectivity index (χ0) is 13.6. The van der Waals surface area contributed by atoms with E-state index in [1.165, 1.54) is 0 Å². The Labute approximate surface area is 106 Å². The summed E-state index contributed by atoms with van der Waals surface area (Å²) in [6.45, 7) is 0.242. The fourth-order valence-corrected chi connectivity index (χ4v) is 2.33. The number of hydrogen-bond acceptors (Lipinski definition) is 4. The molecule has 0 heterocycles. The second kappa shape index (κ2) is 6.36. The first kappa shape index (κ1) is 14.5. The number of rotatable bonds is 7. The van der Waals surface area contributed by atoms with Crippen LogP contribution in [0.25, 0.3) is 0 Å². The molecule has 100 valence electrons. The fraction of sp³-hybridized carbons (Fsp3) is 0.364. The predicted octanol–water partition coefficient (Wildman–Crippen LogP) is 0.205. The lowest BCUT2D eigenvalue weighted by Crippen LogP contribution is -2.29. The normalized spacial score (nSPS) is 11.3. The number of nitrogen functional groups attached to an aromatic ring is 1. The lowest BCUT2D eigenvalue weighted by molar-refractivity contribution is -0.136. The van der Waals surface area contributed by atoms with Crippen LogP contribution in [0.1, 0.15) is 12.0 Å². The molecule has 0 aromatic heterocycles. The van der Waals surface area contributed by atoms with Gasteiger partial charge in [-0.15, -0.1) is 0 Å². The van der Waals surface area contributed by atoms with Crippen LogP contribution in [-0.4, -0.2) is 31.8 Å². The van der Waals surface area contributed by atoms with E-state index < -0.39 is 28.2 Å². The molecule has 0 aliphatic rings. The molecule has 0 atom stereocenters. The van der Waals surface area contributed by atoms with Crippen molar-refractivity contribution in [1.82, 2.24) is 4.72 Å². The Bertz CT molecular complexity index is 496. The predicted molar refractivity (Wildman–Crippen MR) is 68.6 cm³/mol. The van der Waals surface area contributed by atoms with Crippen LogP contribution in [0.5, 0.6) is 0 Å². The number of nitrogens with one attached hydrogen (secondary N) is 1. The van der Waals surface area contributed by atoms with Crippen LogP contribution in [0.4, 0.5) is 5.69 Å². The van der Waals surface area contributed by atoms with Crippen molar-refractivity contribution in [2.45, 2.75) is 12.8 Å². The van der Waals surface area contributed by atoms with Gasteiger partial charge in [0.25, 0.3) is 0 Å². The number of aliphatic carboxylic acids is 1. The molecule has 0 aliphatic carbocycles. The first-order valence-electron chi connectivity index (χ1n) is 5.42. The van der Waals surface area contributed by atoms with Crippen molar-refractivity contribution in [2.24, 2.45) is 0 Å². The van der Waals surface area contributed by atoms with Crippen molar-refractivity contribution in [3.8, 4) is 0 Å². The van der Waals surface area contributed by atoms with E-state index in [0.717, 1.165) is 5.56 Å². The van der Waals surface area contributed by atoms with Crippen LogP contribution >= 0.6 is 0 Å². The van der Waals surface area contributed by atoms with Crippen molar-refractivity contribution in [3.05, 3.63) is 29.8 Å². The number of hydrogen-bond donors (Lipinski definition) is 3. The van der Waals surface area contributed by atoms with Gasteiger partial charge < -0.3 is 10.8 Å². The van der Waals surface area contributed by atoms with E-state index in [2.05, 4.69) is 4.72 Å². The Kier molecular flexibility index (Phi) is 5.11. The summed E-state index contributed by atoms with van der Waals surface area (Å²) in [6.07, 6.45) is 0.143. The number of carboxylic acid groups (broad SMARTS) is 1. The first-order chi connectivity index (χ1) is 8.39. The van der Waals surface area contributed by atoms with Gasteiger partial charge in [0.05, 0.1) is 12.2 Å². The maximum Gasteiger partial charge on any atom is 0.304 e. The largest absolute Gasteiger partial charge is 0.481 e. The van der Waals surface area contributed by atoms with Crippen LogP contribution in [0, 0.1) is 0 Å². The zero-order valence-electron chi connectivity index (χ0n) is 9.80. The molecule has 18 heavy (non-hydrogen) atoms. The molecule has 0 saturated heterocycles. The van der Waals surface area contributed by atoms with Crippen molar-refractivity contribution in [2.75, 3.05) is 18.0 Å². The van der Waals surface area contributed by atoms with Crippen LogP contribution in [-0.2, 0) is 21.2 Å². The third-order valence-electron chi connectivity index (χ3n) is 2.30. The summed E-state index contributed by atoms with van der Waals surface area (Å²) < 4.78 is 25.1. The highest BCUT2D eigenvalue weighted by Gasteiger charge is 2.11. The van der Waals surface area contributed by atoms with E-state index in [4.69, 9.17) is 10.8 Å². The molecule has 0 spiro atoms. The van der Waals surface area contributed by atoms with Gasteiger partial charge in [0.1, 0.15) is 0 Å². The monoisotopic (exact) mass is 272 g/mol. The quantitative estimate of drug-likeness (QED) is 0.614. The summed E-state index contributed by atoms with van der Waals surface area (Å²) >= 11 is 0. The third kappa shape index (κ3) is 5.65. The molecule has 7 heteroatoms. The maximum atomic E-state index is 11.4. The molecule has 1 aromatic carbocycles. The number of carboxylic acids is 1. The van der Waals surface area contributed by atoms with Gasteiger partial charge in [0.15, 0.2) is 0 Å². The summed E-state index contributed by atoms with van der Waals surface area (Å²) in [4.78, 5) is 10.3. The molecule has 6 nitrogen and oxygen atoms in total. The minimum Gasteiger partial charge on any atom is -0.481 e. The molecule has 0 amide bonds. The number of carbonyl (C=O) groups is 1. The van der Waals surface area contributed by atoms with Crippen molar-refractivity contribution < 1.29 is 18.3 Å². The van der Waals surface area contributed by atoms with Gasteiger partial charge in [-0.3, -0.25) is 4.79 Å². The van der Waals surface area contributed by atoms with E-state index in [1.807, 2.05) is 12.1 Å². The molecular weight excluding hydrogens is 256 g/mol. The van der Waals surface area contributed by atoms with Gasteiger partial charge in [-0.05, 0) is 24.1 Å². The number of anilines is 1. The smallest absolute Gasteiger partial charge is 0.304 e. The summed E-state index contributed by atoms with van der Waals surface area (Å²) in [5.41, 5.74) is 7.14. The number of benzene rings is 1. The molecule has 0 radical (unpaired) electrons. The first-order valence-corrected chi connectivity index (χ1v) is 7.08. The van der Waals surface area contributed by atoms with Gasteiger partial charge in [-0.1, -0.05) is 12.1 Å². The minimum absolute atomic E-state index is 0.242. The molecule has 0 bridgehead atoms. The van der Waals surface area contributed by atoms with Crippen LogP contribution in [0.3, 0.4) is 0 Å². The average Bonchev–Trinajstić information content (AvgIpc) is 2.29. The summed E-state index contributed by atoms with van der Waals surface area (Å²) in [5.74, 6) is -1.52. The number of sulfonamides is 1. The third-order valence-corrected chi connectivity index (χ3v) is 3.69. The van der Waals surface area contributed by atoms with Crippen molar-refractivity contribution in [1.29, 1.82) is 0 Å². The molecular formula is C11H16N2O4S. The highest BCUT2D eigenvalue weighted by Crippen LogP contribution is 2.05. The summed E-state index contributed by atoms with van der Waals surface area (Å²) in [6, 6.07) is 7.13. The van der Waals surface area contributed by atoms with Crippen molar-refractivity contribution >= 4 is 21.7 Å². The van der Waals surface area contributed by atoms with Gasteiger partial charge in [0.2, 0.25) is 10.0 Å². The van der Waals surface area contributed by atoms with E-state index in [1.54, 1.807) is 12.1 Å². The van der Waals surface area contributed by atoms with Gasteiger partial charge >= 0.3 is 5.97 Å². The van der Waals surface area contributed by atoms with Gasteiger partial charge in [-0.25, -0.2) is 13.1 Å². The molecule has 0 aliphatic heterocycles. The maximum absolute atomic E-state index is 11.4. The standard InChI is InChI=1S/C11H16N2O4S/c12-10-3-1-9(2-4-10)5-7-13-18(16,17)8-6-11(14)15/h1-4,13H,5-8,12H2,(H,14,15). The van der Waals surface area contributed by atoms with E-state index in [0.29, 0.717) is 12.1 Å². The Morgan fingerprint density at radius 1 is 1.28 bits per heavy atom. The van der Waals surface area contributed by atoms with E-state index >= 15 is 0 Å². The second-order valence-electron chi connectivity index (χ2n) is 3.85. The Morgan fingerprint density at radius 2 is 1.89 bits per heavy atom. The second-order valence-corrected chi connectivity index (χ2v) is 5.77. The lowest BCUT2D eigenvalue weighted by atomic mass is 10.1. The number of nitrogens with two attached hydrogens (primary N) is 1. The molecule has 0 saturated carbocycles. The van der Waals surface area contributed by atoms with E-state index in [9.17, 15) is 13.2 Å². The zero-order valence-corrected chi connectivity index (χ0v) is 10.6. The van der Waals surface area contributed by atoms with Gasteiger partial charge in [0, 0.05) is 12.2 Å². The van der Waals surface area contributed by atoms with E-state index in [-0.39, 0.29) is 6.54 Å². The average molecular weight is 272 g/mol. The fourth-order valence-electron chi connectivity index (χ4n) is 1.33. The molecule has 0 unspecified atom stereocenters. The van der Waals surface area contributed by atoms with Crippen LogP contribution in [0.15, 0.2) is 24.3 Å². The molecule has 1 aromatic rings. The topological polar surface area (TPSA) is 109 Å². The summed E-state index contributed by atoms with van der Waals surface area (Å²) in [5, 5.41) is 8.40. The van der Waals surface area contributed by atoms with Gasteiger partial charge in [-0.2, -0.15) is 0 Å². The molecule has 0 fully saturated rings. The Hall–Kier alpha value is -1.60. The molecule has 4 N–H and O–H groups in total. The highest BCUT2D eigenvalue weighted by atomic mass is 32.2. The Morgan fingerprint density at radius 3 is 2.44 bits per heavy atom. The molecule has 1 rings (SSSR count). The lowest BCUT2D eigenvalue weighted by Gasteiger charge is -2.05. The minimum atomic E-state index is -3.51. The summed E-state index contributed by atoms with van der Waals surface area (Å²) in [7, 11) is -3.51. The SMILES string of the molecule is Nc1ccc(CCNS(=O)(=O)CCC(=O)O)cc1. The Balaban J connectivity index is 2.37.